The van der Waals surface area contributed by atoms with Crippen LogP contribution in [0.4, 0.5) is 4.39 Å². The zero-order chi connectivity index (χ0) is 22.8. The predicted molar refractivity (Wildman–Crippen MR) is 121 cm³/mol. The highest BCUT2D eigenvalue weighted by atomic mass is 19.1. The van der Waals surface area contributed by atoms with Gasteiger partial charge in [0.25, 0.3) is 5.91 Å². The van der Waals surface area contributed by atoms with Crippen LogP contribution >= 0.6 is 0 Å². The summed E-state index contributed by atoms with van der Waals surface area (Å²) in [5.74, 6) is 0.532. The Morgan fingerprint density at radius 2 is 1.97 bits per heavy atom. The minimum atomic E-state index is -0.855. The summed E-state index contributed by atoms with van der Waals surface area (Å²) < 4.78 is 20.3. The third-order valence-corrected chi connectivity index (χ3v) is 8.41. The fraction of sp³-hybridized carbons (Fsp3) is 0.615. The van der Waals surface area contributed by atoms with Gasteiger partial charge in [0.15, 0.2) is 0 Å². The molecule has 2 heterocycles. The number of allylic oxidation sites excluding steroid dienone is 1. The third-order valence-electron chi connectivity index (χ3n) is 8.41. The Morgan fingerprint density at radius 3 is 2.73 bits per heavy atom. The lowest BCUT2D eigenvalue weighted by molar-refractivity contribution is -0.211. The van der Waals surface area contributed by atoms with E-state index in [0.29, 0.717) is 49.9 Å². The van der Waals surface area contributed by atoms with E-state index < -0.39 is 11.7 Å². The van der Waals surface area contributed by atoms with Gasteiger partial charge in [0.2, 0.25) is 5.91 Å². The van der Waals surface area contributed by atoms with Crippen molar-refractivity contribution in [2.75, 3.05) is 6.54 Å². The monoisotopic (exact) mass is 453 g/mol. The van der Waals surface area contributed by atoms with E-state index in [-0.39, 0.29) is 29.4 Å². The lowest BCUT2D eigenvalue weighted by Crippen LogP contribution is -2.68. The van der Waals surface area contributed by atoms with Crippen LogP contribution in [0.1, 0.15) is 73.7 Å². The van der Waals surface area contributed by atoms with E-state index in [9.17, 15) is 14.0 Å². The number of nitrogens with zero attached hydrogens (tertiary/aromatic N) is 1. The maximum absolute atomic E-state index is 13.9. The van der Waals surface area contributed by atoms with Crippen LogP contribution in [0.15, 0.2) is 30.5 Å². The van der Waals surface area contributed by atoms with Gasteiger partial charge in [-0.2, -0.15) is 0 Å². The number of rotatable bonds is 6. The SMILES string of the molecule is C=C1CCC(N2Cc3cc(O[C@@H]4CCCC[C@H]4NCC45CC(F)(C4)C5)ccc3C2=O)C(=O)N1. The second kappa shape index (κ2) is 7.55. The average molecular weight is 454 g/mol. The van der Waals surface area contributed by atoms with Crippen LogP contribution in [0.3, 0.4) is 0 Å². The van der Waals surface area contributed by atoms with Crippen LogP contribution in [0, 0.1) is 5.41 Å². The zero-order valence-electron chi connectivity index (χ0n) is 19.0. The van der Waals surface area contributed by atoms with Gasteiger partial charge in [0.05, 0.1) is 0 Å². The quantitative estimate of drug-likeness (QED) is 0.691. The molecule has 7 rings (SSSR count). The zero-order valence-corrected chi connectivity index (χ0v) is 19.0. The standard InChI is InChI=1S/C26H32FN3O3/c1-16-6-9-21(23(31)29-16)30-11-17-10-18(7-8-19(17)24(30)32)33-22-5-3-2-4-20(22)28-15-25-12-26(27,13-25)14-25/h7-8,10,20-22,28H,1-6,9,11-15H2,(H,29,31)/t20-,21?,22-,25?,26?/m1/s1. The summed E-state index contributed by atoms with van der Waals surface area (Å²) >= 11 is 0. The molecule has 1 unspecified atom stereocenters. The minimum Gasteiger partial charge on any atom is -0.489 e. The Kier molecular flexibility index (Phi) is 4.84. The molecule has 0 aromatic heterocycles. The molecule has 1 aromatic rings. The fourth-order valence-corrected chi connectivity index (χ4v) is 6.75. The first kappa shape index (κ1) is 21.1. The number of hydrogen-bond acceptors (Lipinski definition) is 4. The number of amides is 2. The summed E-state index contributed by atoms with van der Waals surface area (Å²) in [6.07, 6.45) is 7.90. The van der Waals surface area contributed by atoms with Crippen molar-refractivity contribution in [2.45, 2.75) is 88.2 Å². The predicted octanol–water partition coefficient (Wildman–Crippen LogP) is 3.61. The molecule has 0 radical (unpaired) electrons. The van der Waals surface area contributed by atoms with Gasteiger partial charge in [-0.25, -0.2) is 4.39 Å². The molecule has 6 aliphatic rings. The number of hydrogen-bond donors (Lipinski definition) is 2. The molecule has 6 nitrogen and oxygen atoms in total. The van der Waals surface area contributed by atoms with Gasteiger partial charge in [0, 0.05) is 30.4 Å². The second-order valence-corrected chi connectivity index (χ2v) is 11.0. The summed E-state index contributed by atoms with van der Waals surface area (Å²) in [5, 5.41) is 6.48. The van der Waals surface area contributed by atoms with Crippen LogP contribution in [0.25, 0.3) is 0 Å². The van der Waals surface area contributed by atoms with E-state index in [0.717, 1.165) is 37.1 Å². The molecule has 4 saturated carbocycles. The summed E-state index contributed by atoms with van der Waals surface area (Å²) in [7, 11) is 0. The molecule has 33 heavy (non-hydrogen) atoms. The van der Waals surface area contributed by atoms with Gasteiger partial charge < -0.3 is 20.3 Å². The first-order chi connectivity index (χ1) is 15.8. The van der Waals surface area contributed by atoms with Crippen molar-refractivity contribution in [2.24, 2.45) is 5.41 Å². The smallest absolute Gasteiger partial charge is 0.255 e. The first-order valence-corrected chi connectivity index (χ1v) is 12.3. The molecule has 3 atom stereocenters. The van der Waals surface area contributed by atoms with E-state index in [4.69, 9.17) is 4.74 Å². The number of fused-ring (bicyclic) bond motifs is 1. The Balaban J connectivity index is 1.11. The van der Waals surface area contributed by atoms with E-state index >= 15 is 0 Å². The van der Waals surface area contributed by atoms with Crippen molar-refractivity contribution < 1.29 is 18.7 Å². The van der Waals surface area contributed by atoms with Crippen molar-refractivity contribution in [3.8, 4) is 5.75 Å². The number of halogens is 1. The maximum Gasteiger partial charge on any atom is 0.255 e. The molecule has 1 saturated heterocycles. The molecular weight excluding hydrogens is 421 g/mol. The number of carbonyl (C=O) groups is 2. The number of alkyl halides is 1. The Hall–Kier alpha value is -2.41. The number of carbonyl (C=O) groups excluding carboxylic acids is 2. The normalized spacial score (nSPS) is 37.2. The molecule has 0 spiro atoms. The second-order valence-electron chi connectivity index (χ2n) is 11.0. The highest BCUT2D eigenvalue weighted by Gasteiger charge is 2.68. The molecule has 2 bridgehead atoms. The van der Waals surface area contributed by atoms with E-state index in [1.165, 1.54) is 6.42 Å². The van der Waals surface area contributed by atoms with Crippen molar-refractivity contribution in [3.05, 3.63) is 41.6 Å². The fourth-order valence-electron chi connectivity index (χ4n) is 6.75. The van der Waals surface area contributed by atoms with Crippen LogP contribution in [-0.4, -0.2) is 47.1 Å². The van der Waals surface area contributed by atoms with Crippen LogP contribution < -0.4 is 15.4 Å². The molecule has 176 valence electrons. The van der Waals surface area contributed by atoms with Gasteiger partial charge in [-0.1, -0.05) is 13.0 Å². The minimum absolute atomic E-state index is 0.0758. The topological polar surface area (TPSA) is 70.7 Å². The molecule has 2 N–H and O–H groups in total. The molecule has 7 heteroatoms. The summed E-state index contributed by atoms with van der Waals surface area (Å²) in [6.45, 7) is 5.13. The van der Waals surface area contributed by atoms with Crippen molar-refractivity contribution in [1.82, 2.24) is 15.5 Å². The summed E-state index contributed by atoms with van der Waals surface area (Å²) in [6, 6.07) is 5.50. The highest BCUT2D eigenvalue weighted by Crippen LogP contribution is 2.69. The molecule has 4 aliphatic carbocycles. The average Bonchev–Trinajstić information content (AvgIpc) is 3.06. The van der Waals surface area contributed by atoms with Gasteiger partial charge in [0.1, 0.15) is 23.6 Å². The van der Waals surface area contributed by atoms with E-state index in [2.05, 4.69) is 17.2 Å². The number of nitrogens with one attached hydrogen (secondary N) is 2. The van der Waals surface area contributed by atoms with Crippen molar-refractivity contribution >= 4 is 11.8 Å². The van der Waals surface area contributed by atoms with Crippen molar-refractivity contribution in [1.29, 1.82) is 0 Å². The molecule has 2 amide bonds. The van der Waals surface area contributed by atoms with E-state index in [1.54, 1.807) is 4.90 Å². The van der Waals surface area contributed by atoms with Crippen LogP contribution in [0.5, 0.6) is 5.75 Å². The van der Waals surface area contributed by atoms with E-state index in [1.807, 2.05) is 18.2 Å². The molecule has 1 aromatic carbocycles. The Labute approximate surface area is 193 Å². The Morgan fingerprint density at radius 1 is 1.18 bits per heavy atom. The number of ether oxygens (including phenoxy) is 1. The number of benzene rings is 1. The molecule has 5 fully saturated rings. The maximum atomic E-state index is 13.9. The van der Waals surface area contributed by atoms with Crippen LogP contribution in [-0.2, 0) is 11.3 Å². The highest BCUT2D eigenvalue weighted by molar-refractivity contribution is 6.01. The van der Waals surface area contributed by atoms with Gasteiger partial charge in [-0.15, -0.1) is 0 Å². The third kappa shape index (κ3) is 3.65. The molecule has 2 aliphatic heterocycles. The van der Waals surface area contributed by atoms with Gasteiger partial charge in [-0.3, -0.25) is 9.59 Å². The Bertz CT molecular complexity index is 1000. The first-order valence-electron chi connectivity index (χ1n) is 12.3. The lowest BCUT2D eigenvalue weighted by atomic mass is 9.42. The number of piperidine rings is 1. The molecular formula is C26H32FN3O3. The summed E-state index contributed by atoms with van der Waals surface area (Å²) in [4.78, 5) is 27.0. The van der Waals surface area contributed by atoms with Gasteiger partial charge in [-0.05, 0) is 80.5 Å². The summed E-state index contributed by atoms with van der Waals surface area (Å²) in [5.41, 5.74) is 1.61. The van der Waals surface area contributed by atoms with Gasteiger partial charge >= 0.3 is 0 Å². The van der Waals surface area contributed by atoms with Crippen LogP contribution in [0.2, 0.25) is 0 Å². The van der Waals surface area contributed by atoms with Crippen molar-refractivity contribution in [3.63, 3.8) is 0 Å². The lowest BCUT2D eigenvalue weighted by Gasteiger charge is -2.66. The largest absolute Gasteiger partial charge is 0.489 e.